The highest BCUT2D eigenvalue weighted by Gasteiger charge is 2.25. The number of aryl methyl sites for hydroxylation is 2. The van der Waals surface area contributed by atoms with Crippen molar-refractivity contribution < 1.29 is 4.79 Å². The molecular formula is C11H14OS. The monoisotopic (exact) mass is 194 g/mol. The summed E-state index contributed by atoms with van der Waals surface area (Å²) >= 11 is 1.82. The van der Waals surface area contributed by atoms with Crippen molar-refractivity contribution in [2.75, 3.05) is 0 Å². The number of aldehydes is 1. The fourth-order valence-corrected chi connectivity index (χ4v) is 3.02. The average Bonchev–Trinajstić information content (AvgIpc) is 2.61. The van der Waals surface area contributed by atoms with Crippen LogP contribution in [0.25, 0.3) is 0 Å². The third-order valence-electron chi connectivity index (χ3n) is 2.68. The van der Waals surface area contributed by atoms with Gasteiger partial charge in [-0.1, -0.05) is 0 Å². The summed E-state index contributed by atoms with van der Waals surface area (Å²) in [6.07, 6.45) is 4.77. The Morgan fingerprint density at radius 3 is 2.85 bits per heavy atom. The normalized spacial score (nSPS) is 15.8. The van der Waals surface area contributed by atoms with Crippen molar-refractivity contribution in [1.82, 2.24) is 0 Å². The Morgan fingerprint density at radius 1 is 1.46 bits per heavy atom. The minimum absolute atomic E-state index is 0.283. The van der Waals surface area contributed by atoms with Gasteiger partial charge in [-0.2, -0.15) is 0 Å². The van der Waals surface area contributed by atoms with Crippen LogP contribution in [0.1, 0.15) is 35.6 Å². The second-order valence-electron chi connectivity index (χ2n) is 4.25. The second-order valence-corrected chi connectivity index (χ2v) is 5.39. The molecule has 0 saturated carbocycles. The lowest BCUT2D eigenvalue weighted by Crippen LogP contribution is -2.16. The molecule has 0 aromatic carbocycles. The first-order valence-corrected chi connectivity index (χ1v) is 5.53. The quantitative estimate of drug-likeness (QED) is 0.662. The van der Waals surface area contributed by atoms with Gasteiger partial charge in [0.25, 0.3) is 0 Å². The predicted molar refractivity (Wildman–Crippen MR) is 55.4 cm³/mol. The molecule has 2 heteroatoms. The van der Waals surface area contributed by atoms with Crippen LogP contribution in [0.2, 0.25) is 0 Å². The smallest absolute Gasteiger partial charge is 0.130 e. The van der Waals surface area contributed by atoms with Gasteiger partial charge >= 0.3 is 0 Å². The van der Waals surface area contributed by atoms with E-state index in [9.17, 15) is 4.79 Å². The number of rotatable bonds is 2. The van der Waals surface area contributed by atoms with Crippen molar-refractivity contribution in [1.29, 1.82) is 0 Å². The van der Waals surface area contributed by atoms with E-state index < -0.39 is 0 Å². The summed E-state index contributed by atoms with van der Waals surface area (Å²) < 4.78 is 0. The van der Waals surface area contributed by atoms with Crippen molar-refractivity contribution in [2.24, 2.45) is 0 Å². The molecule has 1 aliphatic rings. The van der Waals surface area contributed by atoms with E-state index in [4.69, 9.17) is 0 Å². The summed E-state index contributed by atoms with van der Waals surface area (Å²) in [5, 5.41) is 0. The Morgan fingerprint density at radius 2 is 2.23 bits per heavy atom. The molecule has 13 heavy (non-hydrogen) atoms. The SMILES string of the molecule is CC(C)(C=O)c1cc2c(s1)CCC2. The van der Waals surface area contributed by atoms with Crippen LogP contribution in [-0.2, 0) is 23.1 Å². The first-order chi connectivity index (χ1) is 6.13. The van der Waals surface area contributed by atoms with Crippen LogP contribution in [-0.4, -0.2) is 6.29 Å². The van der Waals surface area contributed by atoms with Crippen molar-refractivity contribution in [3.8, 4) is 0 Å². The highest BCUT2D eigenvalue weighted by molar-refractivity contribution is 7.12. The predicted octanol–water partition coefficient (Wildman–Crippen LogP) is 2.71. The van der Waals surface area contributed by atoms with Gasteiger partial charge in [-0.15, -0.1) is 11.3 Å². The van der Waals surface area contributed by atoms with E-state index in [2.05, 4.69) is 6.07 Å². The molecule has 1 aliphatic carbocycles. The molecule has 1 nitrogen and oxygen atoms in total. The van der Waals surface area contributed by atoms with Gasteiger partial charge in [-0.05, 0) is 44.7 Å². The van der Waals surface area contributed by atoms with E-state index >= 15 is 0 Å². The Kier molecular flexibility index (Phi) is 2.03. The lowest BCUT2D eigenvalue weighted by Gasteiger charge is -2.13. The largest absolute Gasteiger partial charge is 0.302 e. The van der Waals surface area contributed by atoms with E-state index in [0.29, 0.717) is 0 Å². The van der Waals surface area contributed by atoms with E-state index in [1.165, 1.54) is 34.6 Å². The molecule has 0 bridgehead atoms. The number of hydrogen-bond donors (Lipinski definition) is 0. The highest BCUT2D eigenvalue weighted by Crippen LogP contribution is 2.36. The van der Waals surface area contributed by atoms with Crippen molar-refractivity contribution >= 4 is 17.6 Å². The van der Waals surface area contributed by atoms with Crippen molar-refractivity contribution in [2.45, 2.75) is 38.5 Å². The third kappa shape index (κ3) is 1.44. The molecule has 0 unspecified atom stereocenters. The topological polar surface area (TPSA) is 17.1 Å². The summed E-state index contributed by atoms with van der Waals surface area (Å²) in [5.41, 5.74) is 1.20. The Balaban J connectivity index is 2.38. The van der Waals surface area contributed by atoms with E-state index in [-0.39, 0.29) is 5.41 Å². The number of hydrogen-bond acceptors (Lipinski definition) is 2. The minimum Gasteiger partial charge on any atom is -0.302 e. The molecule has 0 aliphatic heterocycles. The fourth-order valence-electron chi connectivity index (χ4n) is 1.70. The molecule has 1 aromatic heterocycles. The van der Waals surface area contributed by atoms with Crippen LogP contribution in [0.3, 0.4) is 0 Å². The zero-order valence-corrected chi connectivity index (χ0v) is 8.91. The fraction of sp³-hybridized carbons (Fsp3) is 0.545. The molecule has 0 saturated heterocycles. The molecule has 0 N–H and O–H groups in total. The van der Waals surface area contributed by atoms with Crippen LogP contribution in [0.4, 0.5) is 0 Å². The van der Waals surface area contributed by atoms with Gasteiger partial charge in [0.2, 0.25) is 0 Å². The Hall–Kier alpha value is -0.630. The number of carbonyl (C=O) groups is 1. The molecular weight excluding hydrogens is 180 g/mol. The zero-order chi connectivity index (χ0) is 9.47. The van der Waals surface area contributed by atoms with Crippen LogP contribution in [0.15, 0.2) is 6.07 Å². The lowest BCUT2D eigenvalue weighted by atomic mass is 9.93. The molecule has 0 atom stereocenters. The van der Waals surface area contributed by atoms with Gasteiger partial charge in [0, 0.05) is 9.75 Å². The average molecular weight is 194 g/mol. The van der Waals surface area contributed by atoms with Crippen LogP contribution in [0.5, 0.6) is 0 Å². The maximum atomic E-state index is 10.9. The number of thiophene rings is 1. The highest BCUT2D eigenvalue weighted by atomic mass is 32.1. The first-order valence-electron chi connectivity index (χ1n) is 4.72. The van der Waals surface area contributed by atoms with Crippen LogP contribution >= 0.6 is 11.3 Å². The maximum Gasteiger partial charge on any atom is 0.130 e. The second kappa shape index (κ2) is 2.95. The van der Waals surface area contributed by atoms with Crippen LogP contribution < -0.4 is 0 Å². The number of carbonyl (C=O) groups excluding carboxylic acids is 1. The van der Waals surface area contributed by atoms with Gasteiger partial charge in [0.05, 0.1) is 5.41 Å². The molecule has 0 amide bonds. The summed E-state index contributed by atoms with van der Waals surface area (Å²) in [7, 11) is 0. The molecule has 0 fully saturated rings. The summed E-state index contributed by atoms with van der Waals surface area (Å²) in [6.45, 7) is 3.97. The maximum absolute atomic E-state index is 10.9. The van der Waals surface area contributed by atoms with Gasteiger partial charge in [-0.3, -0.25) is 0 Å². The lowest BCUT2D eigenvalue weighted by molar-refractivity contribution is -0.111. The van der Waals surface area contributed by atoms with Crippen molar-refractivity contribution in [3.05, 3.63) is 21.4 Å². The van der Waals surface area contributed by atoms with Gasteiger partial charge in [0.15, 0.2) is 0 Å². The number of fused-ring (bicyclic) bond motifs is 1. The summed E-state index contributed by atoms with van der Waals surface area (Å²) in [4.78, 5) is 13.6. The summed E-state index contributed by atoms with van der Waals surface area (Å²) in [6, 6.07) is 2.22. The molecule has 70 valence electrons. The van der Waals surface area contributed by atoms with Gasteiger partial charge in [0.1, 0.15) is 6.29 Å². The molecule has 2 rings (SSSR count). The van der Waals surface area contributed by atoms with Crippen LogP contribution in [0, 0.1) is 0 Å². The summed E-state index contributed by atoms with van der Waals surface area (Å²) in [5.74, 6) is 0. The van der Waals surface area contributed by atoms with E-state index in [0.717, 1.165) is 6.29 Å². The first kappa shape index (κ1) is 8.95. The zero-order valence-electron chi connectivity index (χ0n) is 8.09. The van der Waals surface area contributed by atoms with Gasteiger partial charge in [-0.25, -0.2) is 0 Å². The molecule has 1 aromatic rings. The van der Waals surface area contributed by atoms with Gasteiger partial charge < -0.3 is 4.79 Å². The standard InChI is InChI=1S/C11H14OS/c1-11(2,7-12)10-6-8-4-3-5-9(8)13-10/h6-7H,3-5H2,1-2H3. The van der Waals surface area contributed by atoms with Crippen molar-refractivity contribution in [3.63, 3.8) is 0 Å². The molecule has 0 spiro atoms. The Bertz CT molecular complexity index is 314. The molecule has 0 radical (unpaired) electrons. The van der Waals surface area contributed by atoms with E-state index in [1.807, 2.05) is 25.2 Å². The third-order valence-corrected chi connectivity index (χ3v) is 4.25. The molecule has 1 heterocycles. The van der Waals surface area contributed by atoms with E-state index in [1.54, 1.807) is 0 Å². The minimum atomic E-state index is -0.283. The Labute approximate surface area is 82.8 Å².